The molecule has 0 aromatic heterocycles. The maximum Gasteiger partial charge on any atom is 0.288 e. The topological polar surface area (TPSA) is 72.2 Å². The second-order valence-electron chi connectivity index (χ2n) is 3.86. The zero-order valence-electron chi connectivity index (χ0n) is 9.97. The van der Waals surface area contributed by atoms with Gasteiger partial charge in [-0.2, -0.15) is 0 Å². The van der Waals surface area contributed by atoms with Crippen LogP contribution in [-0.2, 0) is 0 Å². The van der Waals surface area contributed by atoms with Crippen molar-refractivity contribution in [3.63, 3.8) is 0 Å². The van der Waals surface area contributed by atoms with Crippen molar-refractivity contribution >= 4 is 51.5 Å². The fraction of sp³-hybridized carbons (Fsp3) is 0. The third-order valence-corrected chi connectivity index (χ3v) is 3.57. The molecule has 2 aromatic carbocycles. The van der Waals surface area contributed by atoms with Gasteiger partial charge in [-0.1, -0.05) is 23.7 Å². The summed E-state index contributed by atoms with van der Waals surface area (Å²) >= 11 is 8.01. The van der Waals surface area contributed by atoms with E-state index in [1.807, 2.05) is 6.07 Å². The van der Waals surface area contributed by atoms with Gasteiger partial charge in [0.1, 0.15) is 5.02 Å². The van der Waals surface area contributed by atoms with E-state index in [2.05, 4.69) is 27.9 Å². The van der Waals surface area contributed by atoms with Crippen LogP contribution in [-0.4, -0.2) is 10.8 Å². The largest absolute Gasteiger partial charge is 0.322 e. The van der Waals surface area contributed by atoms with Gasteiger partial charge in [0.2, 0.25) is 0 Å². The molecule has 7 heteroatoms. The fourth-order valence-corrected chi connectivity index (χ4v) is 2.42. The Labute approximate surface area is 133 Å². The van der Waals surface area contributed by atoms with E-state index in [9.17, 15) is 14.9 Å². The normalized spacial score (nSPS) is 10.1. The molecule has 0 fully saturated rings. The minimum absolute atomic E-state index is 0.0692. The van der Waals surface area contributed by atoms with Crippen molar-refractivity contribution in [1.29, 1.82) is 0 Å². The maximum absolute atomic E-state index is 12.1. The molecule has 0 aliphatic carbocycles. The van der Waals surface area contributed by atoms with E-state index in [4.69, 9.17) is 11.6 Å². The number of amides is 1. The van der Waals surface area contributed by atoms with Crippen LogP contribution in [0.2, 0.25) is 5.02 Å². The van der Waals surface area contributed by atoms with Crippen molar-refractivity contribution in [2.24, 2.45) is 0 Å². The van der Waals surface area contributed by atoms with Gasteiger partial charge in [-0.25, -0.2) is 0 Å². The van der Waals surface area contributed by atoms with Gasteiger partial charge < -0.3 is 5.32 Å². The zero-order chi connectivity index (χ0) is 14.7. The Bertz CT molecular complexity index is 691. The first-order chi connectivity index (χ1) is 9.49. The molecule has 0 aliphatic rings. The summed E-state index contributed by atoms with van der Waals surface area (Å²) in [6.45, 7) is 0. The van der Waals surface area contributed by atoms with E-state index in [0.29, 0.717) is 5.69 Å². The first-order valence-electron chi connectivity index (χ1n) is 5.49. The van der Waals surface area contributed by atoms with Gasteiger partial charge in [0, 0.05) is 15.3 Å². The predicted octanol–water partition coefficient (Wildman–Crippen LogP) is 4.11. The van der Waals surface area contributed by atoms with Crippen LogP contribution in [0, 0.1) is 13.7 Å². The SMILES string of the molecule is O=C(Nc1cccc(I)c1)c1cccc([N+](=O)[O-])c1Cl. The Hall–Kier alpha value is -1.67. The predicted molar refractivity (Wildman–Crippen MR) is 85.2 cm³/mol. The van der Waals surface area contributed by atoms with Crippen molar-refractivity contribution in [3.8, 4) is 0 Å². The Morgan fingerprint density at radius 2 is 1.95 bits per heavy atom. The minimum atomic E-state index is -0.620. The molecule has 0 saturated heterocycles. The molecule has 0 aliphatic heterocycles. The number of carbonyl (C=O) groups excluding carboxylic acids is 1. The number of anilines is 1. The lowest BCUT2D eigenvalue weighted by Gasteiger charge is -2.07. The van der Waals surface area contributed by atoms with Gasteiger partial charge in [0.15, 0.2) is 0 Å². The first-order valence-corrected chi connectivity index (χ1v) is 6.94. The number of hydrogen-bond donors (Lipinski definition) is 1. The van der Waals surface area contributed by atoms with Crippen LogP contribution in [0.1, 0.15) is 10.4 Å². The van der Waals surface area contributed by atoms with E-state index in [0.717, 1.165) is 3.57 Å². The van der Waals surface area contributed by atoms with Crippen molar-refractivity contribution in [2.45, 2.75) is 0 Å². The summed E-state index contributed by atoms with van der Waals surface area (Å²) in [5, 5.41) is 13.3. The van der Waals surface area contributed by atoms with E-state index >= 15 is 0 Å². The zero-order valence-corrected chi connectivity index (χ0v) is 12.9. The number of rotatable bonds is 3. The Kier molecular flexibility index (Phi) is 4.56. The van der Waals surface area contributed by atoms with Crippen LogP contribution in [0.25, 0.3) is 0 Å². The Morgan fingerprint density at radius 3 is 2.60 bits per heavy atom. The third-order valence-electron chi connectivity index (χ3n) is 2.50. The number of nitro benzene ring substituents is 1. The summed E-state index contributed by atoms with van der Waals surface area (Å²) < 4.78 is 0.963. The molecule has 1 amide bonds. The lowest BCUT2D eigenvalue weighted by Crippen LogP contribution is -2.13. The van der Waals surface area contributed by atoms with Crippen LogP contribution in [0.4, 0.5) is 11.4 Å². The summed E-state index contributed by atoms with van der Waals surface area (Å²) in [6.07, 6.45) is 0. The van der Waals surface area contributed by atoms with Gasteiger partial charge >= 0.3 is 0 Å². The van der Waals surface area contributed by atoms with Crippen LogP contribution in [0.5, 0.6) is 0 Å². The fourth-order valence-electron chi connectivity index (χ4n) is 1.60. The van der Waals surface area contributed by atoms with Gasteiger partial charge in [0.05, 0.1) is 10.5 Å². The Balaban J connectivity index is 2.30. The number of hydrogen-bond acceptors (Lipinski definition) is 3. The number of nitrogens with one attached hydrogen (secondary N) is 1. The molecule has 0 heterocycles. The lowest BCUT2D eigenvalue weighted by molar-refractivity contribution is -0.384. The molecule has 5 nitrogen and oxygen atoms in total. The molecule has 0 radical (unpaired) electrons. The highest BCUT2D eigenvalue weighted by atomic mass is 127. The average Bonchev–Trinajstić information content (AvgIpc) is 2.38. The highest BCUT2D eigenvalue weighted by molar-refractivity contribution is 14.1. The molecule has 20 heavy (non-hydrogen) atoms. The van der Waals surface area contributed by atoms with Crippen molar-refractivity contribution in [2.75, 3.05) is 5.32 Å². The maximum atomic E-state index is 12.1. The summed E-state index contributed by atoms with van der Waals surface area (Å²) in [6, 6.07) is 11.3. The monoisotopic (exact) mass is 402 g/mol. The molecule has 0 spiro atoms. The Morgan fingerprint density at radius 1 is 1.25 bits per heavy atom. The number of nitrogens with zero attached hydrogens (tertiary/aromatic N) is 1. The highest BCUT2D eigenvalue weighted by Crippen LogP contribution is 2.28. The molecule has 0 unspecified atom stereocenters. The molecule has 2 rings (SSSR count). The van der Waals surface area contributed by atoms with Gasteiger partial charge in [0.25, 0.3) is 11.6 Å². The number of carbonyl (C=O) groups is 1. The molecule has 102 valence electrons. The number of nitro groups is 1. The molecule has 2 aromatic rings. The first kappa shape index (κ1) is 14.7. The van der Waals surface area contributed by atoms with E-state index in [1.165, 1.54) is 18.2 Å². The van der Waals surface area contributed by atoms with Crippen LogP contribution < -0.4 is 5.32 Å². The van der Waals surface area contributed by atoms with Gasteiger partial charge in [-0.3, -0.25) is 14.9 Å². The van der Waals surface area contributed by atoms with E-state index in [1.54, 1.807) is 18.2 Å². The van der Waals surface area contributed by atoms with Gasteiger partial charge in [-0.05, 0) is 46.9 Å². The summed E-state index contributed by atoms with van der Waals surface area (Å²) in [7, 11) is 0. The van der Waals surface area contributed by atoms with Crippen LogP contribution in [0.15, 0.2) is 42.5 Å². The molecular weight excluding hydrogens is 395 g/mol. The smallest absolute Gasteiger partial charge is 0.288 e. The van der Waals surface area contributed by atoms with Gasteiger partial charge in [-0.15, -0.1) is 0 Å². The minimum Gasteiger partial charge on any atom is -0.322 e. The summed E-state index contributed by atoms with van der Waals surface area (Å²) in [5.41, 5.74) is 0.381. The highest BCUT2D eigenvalue weighted by Gasteiger charge is 2.19. The summed E-state index contributed by atoms with van der Waals surface area (Å²) in [4.78, 5) is 22.3. The second-order valence-corrected chi connectivity index (χ2v) is 5.48. The second kappa shape index (κ2) is 6.19. The van der Waals surface area contributed by atoms with Crippen LogP contribution >= 0.6 is 34.2 Å². The van der Waals surface area contributed by atoms with E-state index in [-0.39, 0.29) is 16.3 Å². The molecule has 1 N–H and O–H groups in total. The quantitative estimate of drug-likeness (QED) is 0.477. The van der Waals surface area contributed by atoms with Crippen LogP contribution in [0.3, 0.4) is 0 Å². The summed E-state index contributed by atoms with van der Waals surface area (Å²) in [5.74, 6) is -0.485. The van der Waals surface area contributed by atoms with Crippen molar-refractivity contribution in [1.82, 2.24) is 0 Å². The third kappa shape index (κ3) is 3.26. The standard InChI is InChI=1S/C13H8ClIN2O3/c14-12-10(5-2-6-11(12)17(19)20)13(18)16-9-4-1-3-8(15)7-9/h1-7H,(H,16,18). The molecule has 0 bridgehead atoms. The van der Waals surface area contributed by atoms with Crippen molar-refractivity contribution < 1.29 is 9.72 Å². The lowest BCUT2D eigenvalue weighted by atomic mass is 10.2. The average molecular weight is 403 g/mol. The van der Waals surface area contributed by atoms with Crippen molar-refractivity contribution in [3.05, 3.63) is 66.7 Å². The number of halogens is 2. The van der Waals surface area contributed by atoms with E-state index < -0.39 is 10.8 Å². The molecule has 0 atom stereocenters. The molecular formula is C13H8ClIN2O3. The molecule has 0 saturated carbocycles. The number of benzene rings is 2.